The maximum Gasteiger partial charge on any atom is 0.329 e. The van der Waals surface area contributed by atoms with E-state index in [2.05, 4.69) is 4.98 Å². The fraction of sp³-hybridized carbons (Fsp3) is 0.350. The van der Waals surface area contributed by atoms with Gasteiger partial charge in [-0.2, -0.15) is 0 Å². The van der Waals surface area contributed by atoms with Crippen molar-refractivity contribution in [3.05, 3.63) is 61.1 Å². The van der Waals surface area contributed by atoms with E-state index in [9.17, 15) is 14.4 Å². The Morgan fingerprint density at radius 2 is 2.03 bits per heavy atom. The van der Waals surface area contributed by atoms with E-state index in [0.717, 1.165) is 5.56 Å². The number of H-pyrrole nitrogens is 1. The number of aryl methyl sites for hydroxylation is 1. The van der Waals surface area contributed by atoms with Crippen LogP contribution in [0, 0.1) is 6.92 Å². The Morgan fingerprint density at radius 3 is 2.76 bits per heavy atom. The molecule has 7 nitrogen and oxygen atoms in total. The number of benzene rings is 1. The number of rotatable bonds is 4. The first-order valence-corrected chi connectivity index (χ1v) is 10.6. The van der Waals surface area contributed by atoms with Crippen molar-refractivity contribution in [3.63, 3.8) is 0 Å². The van der Waals surface area contributed by atoms with Crippen molar-refractivity contribution in [2.75, 3.05) is 19.7 Å². The zero-order valence-corrected chi connectivity index (χ0v) is 17.4. The standard InChI is InChI=1S/C20H20ClN3O4S/c1-12-10-13(21)2-3-16(12)28-11-17(25)23-7-4-14(5-8-23)24-19(26)18-15(6-9-29-18)22-20(24)27/h2-3,6,9-10,14H,4-5,7-8,11H2,1H3,(H,22,27). The Balaban J connectivity index is 1.40. The molecule has 9 heteroatoms. The van der Waals surface area contributed by atoms with Gasteiger partial charge in [-0.05, 0) is 55.0 Å². The van der Waals surface area contributed by atoms with Crippen molar-refractivity contribution < 1.29 is 9.53 Å². The van der Waals surface area contributed by atoms with Gasteiger partial charge in [0, 0.05) is 24.2 Å². The summed E-state index contributed by atoms with van der Waals surface area (Å²) in [7, 11) is 0. The van der Waals surface area contributed by atoms with Crippen LogP contribution in [0.5, 0.6) is 5.75 Å². The lowest BCUT2D eigenvalue weighted by Crippen LogP contribution is -2.45. The van der Waals surface area contributed by atoms with Crippen molar-refractivity contribution in [1.82, 2.24) is 14.5 Å². The topological polar surface area (TPSA) is 84.4 Å². The van der Waals surface area contributed by atoms with Crippen LogP contribution in [0.15, 0.2) is 39.2 Å². The van der Waals surface area contributed by atoms with Crippen LogP contribution in [0.25, 0.3) is 10.2 Å². The number of carbonyl (C=O) groups excluding carboxylic acids is 1. The number of thiophene rings is 1. The van der Waals surface area contributed by atoms with E-state index in [4.69, 9.17) is 16.3 Å². The second-order valence-corrected chi connectivity index (χ2v) is 8.43. The normalized spacial score (nSPS) is 15.0. The van der Waals surface area contributed by atoms with Crippen LogP contribution >= 0.6 is 22.9 Å². The van der Waals surface area contributed by atoms with Crippen molar-refractivity contribution in [2.45, 2.75) is 25.8 Å². The van der Waals surface area contributed by atoms with Gasteiger partial charge >= 0.3 is 5.69 Å². The summed E-state index contributed by atoms with van der Waals surface area (Å²) in [5.74, 6) is 0.507. The number of nitrogens with one attached hydrogen (secondary N) is 1. The number of halogens is 1. The van der Waals surface area contributed by atoms with Crippen LogP contribution < -0.4 is 16.0 Å². The Morgan fingerprint density at radius 1 is 1.28 bits per heavy atom. The highest BCUT2D eigenvalue weighted by Gasteiger charge is 2.26. The highest BCUT2D eigenvalue weighted by molar-refractivity contribution is 7.17. The second-order valence-electron chi connectivity index (χ2n) is 7.08. The number of fused-ring (bicyclic) bond motifs is 1. The fourth-order valence-electron chi connectivity index (χ4n) is 3.66. The smallest absolute Gasteiger partial charge is 0.329 e. The summed E-state index contributed by atoms with van der Waals surface area (Å²) in [5.41, 5.74) is 0.785. The average molecular weight is 434 g/mol. The average Bonchev–Trinajstić information content (AvgIpc) is 3.16. The quantitative estimate of drug-likeness (QED) is 0.685. The monoisotopic (exact) mass is 433 g/mol. The Hall–Kier alpha value is -2.58. The van der Waals surface area contributed by atoms with Crippen molar-refractivity contribution >= 4 is 39.1 Å². The molecule has 0 aliphatic carbocycles. The number of likely N-dealkylation sites (tertiary alicyclic amines) is 1. The zero-order chi connectivity index (χ0) is 20.5. The molecule has 2 aromatic heterocycles. The van der Waals surface area contributed by atoms with Gasteiger partial charge in [-0.3, -0.25) is 14.2 Å². The summed E-state index contributed by atoms with van der Waals surface area (Å²) < 4.78 is 7.49. The largest absolute Gasteiger partial charge is 0.483 e. The maximum atomic E-state index is 12.7. The number of piperidine rings is 1. The van der Waals surface area contributed by atoms with Gasteiger partial charge in [0.25, 0.3) is 11.5 Å². The lowest BCUT2D eigenvalue weighted by molar-refractivity contribution is -0.134. The minimum absolute atomic E-state index is 0.0607. The predicted octanol–water partition coefficient (Wildman–Crippen LogP) is 2.96. The number of nitrogens with zero attached hydrogens (tertiary/aromatic N) is 2. The van der Waals surface area contributed by atoms with Gasteiger partial charge in [0.15, 0.2) is 6.61 Å². The molecule has 4 rings (SSSR count). The molecule has 3 aromatic rings. The minimum atomic E-state index is -0.396. The highest BCUT2D eigenvalue weighted by Crippen LogP contribution is 2.23. The lowest BCUT2D eigenvalue weighted by atomic mass is 10.0. The molecule has 1 aromatic carbocycles. The molecule has 0 atom stereocenters. The number of aromatic nitrogens is 2. The molecule has 1 aliphatic heterocycles. The van der Waals surface area contributed by atoms with E-state index in [1.807, 2.05) is 6.92 Å². The molecular weight excluding hydrogens is 414 g/mol. The summed E-state index contributed by atoms with van der Waals surface area (Å²) in [6.45, 7) is 2.76. The summed E-state index contributed by atoms with van der Waals surface area (Å²) in [6.07, 6.45) is 1.09. The van der Waals surface area contributed by atoms with Crippen molar-refractivity contribution in [1.29, 1.82) is 0 Å². The Kier molecular flexibility index (Phi) is 5.47. The SMILES string of the molecule is Cc1cc(Cl)ccc1OCC(=O)N1CCC(n2c(=O)[nH]c3ccsc3c2=O)CC1. The summed E-state index contributed by atoms with van der Waals surface area (Å²) >= 11 is 7.25. The van der Waals surface area contributed by atoms with Gasteiger partial charge in [0.1, 0.15) is 10.4 Å². The van der Waals surface area contributed by atoms with Crippen molar-refractivity contribution in [2.24, 2.45) is 0 Å². The van der Waals surface area contributed by atoms with Gasteiger partial charge < -0.3 is 14.6 Å². The van der Waals surface area contributed by atoms with Crippen LogP contribution in [-0.2, 0) is 4.79 Å². The molecule has 1 fully saturated rings. The highest BCUT2D eigenvalue weighted by atomic mass is 35.5. The molecule has 0 spiro atoms. The third kappa shape index (κ3) is 3.95. The second kappa shape index (κ2) is 8.04. The number of hydrogen-bond donors (Lipinski definition) is 1. The third-order valence-electron chi connectivity index (χ3n) is 5.21. The van der Waals surface area contributed by atoms with E-state index in [1.54, 1.807) is 34.5 Å². The molecule has 0 unspecified atom stereocenters. The number of hydrogen-bond acceptors (Lipinski definition) is 5. The molecule has 0 bridgehead atoms. The lowest BCUT2D eigenvalue weighted by Gasteiger charge is -2.32. The van der Waals surface area contributed by atoms with E-state index in [-0.39, 0.29) is 24.1 Å². The third-order valence-corrected chi connectivity index (χ3v) is 6.35. The van der Waals surface area contributed by atoms with Gasteiger partial charge in [-0.1, -0.05) is 11.6 Å². The molecule has 152 valence electrons. The molecule has 1 N–H and O–H groups in total. The van der Waals surface area contributed by atoms with Crippen LogP contribution in [0.4, 0.5) is 0 Å². The number of ether oxygens (including phenoxy) is 1. The van der Waals surface area contributed by atoms with Gasteiger partial charge in [-0.25, -0.2) is 4.79 Å². The summed E-state index contributed by atoms with van der Waals surface area (Å²) in [5, 5.41) is 2.41. The first kappa shape index (κ1) is 19.7. The van der Waals surface area contributed by atoms with E-state index < -0.39 is 5.69 Å². The molecule has 1 saturated heterocycles. The fourth-order valence-corrected chi connectivity index (χ4v) is 4.67. The van der Waals surface area contributed by atoms with E-state index in [0.29, 0.717) is 46.9 Å². The molecule has 1 amide bonds. The van der Waals surface area contributed by atoms with Gasteiger partial charge in [0.2, 0.25) is 0 Å². The molecule has 0 saturated carbocycles. The van der Waals surface area contributed by atoms with Crippen LogP contribution in [-0.4, -0.2) is 40.1 Å². The van der Waals surface area contributed by atoms with Crippen LogP contribution in [0.2, 0.25) is 5.02 Å². The molecule has 0 radical (unpaired) electrons. The minimum Gasteiger partial charge on any atom is -0.483 e. The van der Waals surface area contributed by atoms with Crippen LogP contribution in [0.1, 0.15) is 24.4 Å². The van der Waals surface area contributed by atoms with E-state index in [1.165, 1.54) is 15.9 Å². The van der Waals surface area contributed by atoms with Crippen LogP contribution in [0.3, 0.4) is 0 Å². The molecule has 1 aliphatic rings. The van der Waals surface area contributed by atoms with Gasteiger partial charge in [-0.15, -0.1) is 11.3 Å². The zero-order valence-electron chi connectivity index (χ0n) is 15.8. The van der Waals surface area contributed by atoms with E-state index >= 15 is 0 Å². The Labute approximate surface area is 175 Å². The summed E-state index contributed by atoms with van der Waals surface area (Å²) in [6, 6.07) is 6.76. The Bertz CT molecular complexity index is 1170. The van der Waals surface area contributed by atoms with Crippen molar-refractivity contribution in [3.8, 4) is 5.75 Å². The molecular formula is C20H20ClN3O4S. The predicted molar refractivity (Wildman–Crippen MR) is 113 cm³/mol. The first-order valence-electron chi connectivity index (χ1n) is 9.33. The van der Waals surface area contributed by atoms with Gasteiger partial charge in [0.05, 0.1) is 5.52 Å². The number of carbonyl (C=O) groups is 1. The maximum absolute atomic E-state index is 12.7. The number of amides is 1. The number of aromatic amines is 1. The first-order chi connectivity index (χ1) is 13.9. The summed E-state index contributed by atoms with van der Waals surface area (Å²) in [4.78, 5) is 42.1. The molecule has 29 heavy (non-hydrogen) atoms. The molecule has 3 heterocycles.